The molecule has 0 aliphatic carbocycles. The molecule has 4 rings (SSSR count). The van der Waals surface area contributed by atoms with Gasteiger partial charge in [-0.15, -0.1) is 0 Å². The first-order valence-corrected chi connectivity index (χ1v) is 10.7. The standard InChI is InChI=1S/C25H22ClNO5/c1-2-13-31-19-11-7-16(8-12-19)22-21(23(28)17-5-9-18(26)10-6-17)24(29)25(30)27(22)15-20-4-3-14-32-20/h3-12,14,22,28H,2,13,15H2,1H3. The van der Waals surface area contributed by atoms with Crippen LogP contribution in [-0.4, -0.2) is 28.3 Å². The third-order valence-corrected chi connectivity index (χ3v) is 5.48. The third kappa shape index (κ3) is 4.27. The van der Waals surface area contributed by atoms with Crippen LogP contribution in [0.5, 0.6) is 5.75 Å². The molecule has 1 amide bonds. The Morgan fingerprint density at radius 1 is 1.09 bits per heavy atom. The van der Waals surface area contributed by atoms with E-state index in [2.05, 4.69) is 0 Å². The summed E-state index contributed by atoms with van der Waals surface area (Å²) in [5.74, 6) is -0.477. The van der Waals surface area contributed by atoms with E-state index in [0.29, 0.717) is 34.3 Å². The molecule has 1 aliphatic heterocycles. The highest BCUT2D eigenvalue weighted by atomic mass is 35.5. The van der Waals surface area contributed by atoms with Crippen molar-refractivity contribution < 1.29 is 23.8 Å². The SMILES string of the molecule is CCCOc1ccc(C2C(=C(O)c3ccc(Cl)cc3)C(=O)C(=O)N2Cc2ccco2)cc1. The van der Waals surface area contributed by atoms with Crippen molar-refractivity contribution in [3.05, 3.63) is 94.4 Å². The zero-order valence-electron chi connectivity index (χ0n) is 17.5. The van der Waals surface area contributed by atoms with Crippen LogP contribution in [0.3, 0.4) is 0 Å². The fourth-order valence-electron chi connectivity index (χ4n) is 3.69. The molecule has 2 aromatic carbocycles. The minimum atomic E-state index is -0.781. The van der Waals surface area contributed by atoms with Crippen LogP contribution in [0, 0.1) is 0 Å². The lowest BCUT2D eigenvalue weighted by Gasteiger charge is -2.24. The van der Waals surface area contributed by atoms with Crippen LogP contribution in [0.15, 0.2) is 76.9 Å². The second-order valence-corrected chi connectivity index (χ2v) is 7.87. The highest BCUT2D eigenvalue weighted by Gasteiger charge is 2.46. The number of ether oxygens (including phenoxy) is 1. The van der Waals surface area contributed by atoms with Crippen LogP contribution >= 0.6 is 11.6 Å². The molecule has 0 spiro atoms. The Bertz CT molecular complexity index is 1130. The molecule has 1 unspecified atom stereocenters. The molecule has 1 aromatic heterocycles. The number of hydrogen-bond donors (Lipinski definition) is 1. The topological polar surface area (TPSA) is 80.0 Å². The number of aliphatic hydroxyl groups is 1. The fraction of sp³-hybridized carbons (Fsp3) is 0.200. The van der Waals surface area contributed by atoms with E-state index in [1.807, 2.05) is 6.92 Å². The van der Waals surface area contributed by atoms with Crippen LogP contribution in [0.2, 0.25) is 5.02 Å². The van der Waals surface area contributed by atoms with E-state index in [1.165, 1.54) is 11.2 Å². The summed E-state index contributed by atoms with van der Waals surface area (Å²) in [6.07, 6.45) is 2.39. The number of rotatable bonds is 7. The number of Topliss-reactive ketones (excluding diaryl/α,β-unsaturated/α-hetero) is 1. The first kappa shape index (κ1) is 21.7. The minimum absolute atomic E-state index is 0.0195. The summed E-state index contributed by atoms with van der Waals surface area (Å²) in [4.78, 5) is 27.4. The van der Waals surface area contributed by atoms with Gasteiger partial charge in [0.25, 0.3) is 11.7 Å². The lowest BCUT2D eigenvalue weighted by molar-refractivity contribution is -0.140. The fourth-order valence-corrected chi connectivity index (χ4v) is 3.82. The Balaban J connectivity index is 1.79. The van der Waals surface area contributed by atoms with Crippen molar-refractivity contribution in [2.75, 3.05) is 6.61 Å². The Morgan fingerprint density at radius 2 is 1.81 bits per heavy atom. The van der Waals surface area contributed by atoms with Gasteiger partial charge in [-0.2, -0.15) is 0 Å². The number of carbonyl (C=O) groups excluding carboxylic acids is 2. The van der Waals surface area contributed by atoms with Gasteiger partial charge in [-0.05, 0) is 60.5 Å². The van der Waals surface area contributed by atoms with Crippen molar-refractivity contribution in [1.82, 2.24) is 4.90 Å². The molecule has 1 atom stereocenters. The minimum Gasteiger partial charge on any atom is -0.507 e. The van der Waals surface area contributed by atoms with E-state index >= 15 is 0 Å². The molecule has 1 N–H and O–H groups in total. The van der Waals surface area contributed by atoms with E-state index in [9.17, 15) is 14.7 Å². The number of aliphatic hydroxyl groups excluding tert-OH is 1. The number of ketones is 1. The molecular weight excluding hydrogens is 430 g/mol. The van der Waals surface area contributed by atoms with Gasteiger partial charge in [0.2, 0.25) is 0 Å². The summed E-state index contributed by atoms with van der Waals surface area (Å²) in [6.45, 7) is 2.70. The number of hydrogen-bond acceptors (Lipinski definition) is 5. The quantitative estimate of drug-likeness (QED) is 0.298. The lowest BCUT2D eigenvalue weighted by atomic mass is 9.95. The van der Waals surface area contributed by atoms with E-state index in [0.717, 1.165) is 6.42 Å². The molecule has 2 heterocycles. The number of carbonyl (C=O) groups is 2. The number of likely N-dealkylation sites (tertiary alicyclic amines) is 1. The van der Waals surface area contributed by atoms with Crippen molar-refractivity contribution in [2.24, 2.45) is 0 Å². The lowest BCUT2D eigenvalue weighted by Crippen LogP contribution is -2.29. The molecule has 7 heteroatoms. The van der Waals surface area contributed by atoms with Crippen molar-refractivity contribution >= 4 is 29.1 Å². The summed E-state index contributed by atoms with van der Waals surface area (Å²) >= 11 is 5.96. The van der Waals surface area contributed by atoms with Crippen LogP contribution in [-0.2, 0) is 16.1 Å². The van der Waals surface area contributed by atoms with E-state index < -0.39 is 17.7 Å². The smallest absolute Gasteiger partial charge is 0.296 e. The molecule has 6 nitrogen and oxygen atoms in total. The number of amides is 1. The maximum absolute atomic E-state index is 13.0. The van der Waals surface area contributed by atoms with Crippen molar-refractivity contribution in [2.45, 2.75) is 25.9 Å². The zero-order chi connectivity index (χ0) is 22.7. The molecule has 1 fully saturated rings. The first-order valence-electron chi connectivity index (χ1n) is 10.3. The molecule has 3 aromatic rings. The van der Waals surface area contributed by atoms with Gasteiger partial charge in [0.1, 0.15) is 17.3 Å². The molecule has 1 aliphatic rings. The highest BCUT2D eigenvalue weighted by Crippen LogP contribution is 2.40. The van der Waals surface area contributed by atoms with Gasteiger partial charge in [0, 0.05) is 10.6 Å². The van der Waals surface area contributed by atoms with Crippen molar-refractivity contribution in [3.8, 4) is 5.75 Å². The molecular formula is C25H22ClNO5. The Kier molecular flexibility index (Phi) is 6.32. The highest BCUT2D eigenvalue weighted by molar-refractivity contribution is 6.46. The Hall–Kier alpha value is -3.51. The average Bonchev–Trinajstić information content (AvgIpc) is 3.40. The largest absolute Gasteiger partial charge is 0.507 e. The monoisotopic (exact) mass is 451 g/mol. The predicted octanol–water partition coefficient (Wildman–Crippen LogP) is 5.34. The summed E-state index contributed by atoms with van der Waals surface area (Å²) < 4.78 is 11.0. The number of furan rings is 1. The normalized spacial score (nSPS) is 17.7. The molecule has 0 radical (unpaired) electrons. The van der Waals surface area contributed by atoms with Crippen LogP contribution in [0.1, 0.15) is 36.3 Å². The molecule has 32 heavy (non-hydrogen) atoms. The van der Waals surface area contributed by atoms with Gasteiger partial charge < -0.3 is 19.2 Å². The number of halogens is 1. The summed E-state index contributed by atoms with van der Waals surface area (Å²) in [5.41, 5.74) is 1.10. The van der Waals surface area contributed by atoms with Gasteiger partial charge in [-0.25, -0.2) is 0 Å². The summed E-state index contributed by atoms with van der Waals surface area (Å²) in [7, 11) is 0. The van der Waals surface area contributed by atoms with Gasteiger partial charge >= 0.3 is 0 Å². The number of nitrogens with zero attached hydrogens (tertiary/aromatic N) is 1. The maximum atomic E-state index is 13.0. The van der Waals surface area contributed by atoms with E-state index in [1.54, 1.807) is 60.7 Å². The molecule has 0 saturated carbocycles. The Labute approximate surface area is 190 Å². The van der Waals surface area contributed by atoms with Crippen LogP contribution in [0.25, 0.3) is 5.76 Å². The van der Waals surface area contributed by atoms with E-state index in [4.69, 9.17) is 20.8 Å². The summed E-state index contributed by atoms with van der Waals surface area (Å²) in [6, 6.07) is 16.3. The molecule has 164 valence electrons. The first-order chi connectivity index (χ1) is 15.5. The Morgan fingerprint density at radius 3 is 2.44 bits per heavy atom. The van der Waals surface area contributed by atoms with Crippen molar-refractivity contribution in [3.63, 3.8) is 0 Å². The van der Waals surface area contributed by atoms with Crippen molar-refractivity contribution in [1.29, 1.82) is 0 Å². The molecule has 0 bridgehead atoms. The summed E-state index contributed by atoms with van der Waals surface area (Å²) in [5, 5.41) is 11.5. The maximum Gasteiger partial charge on any atom is 0.296 e. The second kappa shape index (κ2) is 9.32. The second-order valence-electron chi connectivity index (χ2n) is 7.43. The third-order valence-electron chi connectivity index (χ3n) is 5.23. The molecule has 1 saturated heterocycles. The number of benzene rings is 2. The average molecular weight is 452 g/mol. The zero-order valence-corrected chi connectivity index (χ0v) is 18.2. The van der Waals surface area contributed by atoms with Gasteiger partial charge in [-0.3, -0.25) is 9.59 Å². The van der Waals surface area contributed by atoms with Crippen LogP contribution in [0.4, 0.5) is 0 Å². The van der Waals surface area contributed by atoms with Crippen LogP contribution < -0.4 is 4.74 Å². The predicted molar refractivity (Wildman–Crippen MR) is 120 cm³/mol. The van der Waals surface area contributed by atoms with Gasteiger partial charge in [0.05, 0.1) is 31.0 Å². The van der Waals surface area contributed by atoms with Gasteiger partial charge in [0.15, 0.2) is 0 Å². The van der Waals surface area contributed by atoms with E-state index in [-0.39, 0.29) is 17.9 Å². The van der Waals surface area contributed by atoms with Gasteiger partial charge in [-0.1, -0.05) is 30.7 Å².